The van der Waals surface area contributed by atoms with E-state index < -0.39 is 0 Å². The van der Waals surface area contributed by atoms with Gasteiger partial charge in [0.1, 0.15) is 17.1 Å². The van der Waals surface area contributed by atoms with Crippen LogP contribution >= 0.6 is 0 Å². The lowest BCUT2D eigenvalue weighted by Gasteiger charge is -2.14. The predicted octanol–water partition coefficient (Wildman–Crippen LogP) is 7.45. The number of fused-ring (bicyclic) bond motifs is 4. The van der Waals surface area contributed by atoms with E-state index in [9.17, 15) is 0 Å². The number of aromatic nitrogens is 3. The third kappa shape index (κ3) is 3.02. The molecule has 6 aromatic rings. The van der Waals surface area contributed by atoms with Crippen molar-refractivity contribution in [3.63, 3.8) is 0 Å². The second-order valence-corrected chi connectivity index (χ2v) is 8.05. The van der Waals surface area contributed by atoms with Crippen LogP contribution in [0.1, 0.15) is 6.92 Å². The predicted molar refractivity (Wildman–Crippen MR) is 142 cm³/mol. The van der Waals surface area contributed by atoms with Crippen LogP contribution in [0.5, 0.6) is 0 Å². The third-order valence-corrected chi connectivity index (χ3v) is 6.12. The van der Waals surface area contributed by atoms with Crippen molar-refractivity contribution in [3.05, 3.63) is 91.0 Å². The second kappa shape index (κ2) is 8.05. The van der Waals surface area contributed by atoms with Crippen molar-refractivity contribution in [1.29, 1.82) is 0 Å². The molecule has 2 heterocycles. The van der Waals surface area contributed by atoms with Gasteiger partial charge in [-0.2, -0.15) is 0 Å². The molecule has 0 bridgehead atoms. The van der Waals surface area contributed by atoms with Crippen LogP contribution in [-0.2, 0) is 0 Å². The van der Waals surface area contributed by atoms with E-state index >= 15 is 0 Å². The smallest absolute Gasteiger partial charge is 0.188 e. The number of benzene rings is 4. The monoisotopic (exact) mass is 439 g/mol. The summed E-state index contributed by atoms with van der Waals surface area (Å²) in [5.74, 6) is 0.627. The van der Waals surface area contributed by atoms with Gasteiger partial charge in [-0.1, -0.05) is 72.8 Å². The lowest BCUT2D eigenvalue weighted by atomic mass is 10.1. The van der Waals surface area contributed by atoms with E-state index in [0.717, 1.165) is 32.8 Å². The Morgan fingerprint density at radius 2 is 1.44 bits per heavy atom. The molecular weight excluding hydrogens is 418 g/mol. The Hall–Kier alpha value is -4.64. The first-order chi connectivity index (χ1) is 16.8. The van der Waals surface area contributed by atoms with E-state index in [1.807, 2.05) is 43.3 Å². The molecule has 0 aliphatic heterocycles. The minimum Gasteiger partial charge on any atom is -0.290 e. The first kappa shape index (κ1) is 20.0. The minimum absolute atomic E-state index is 0.612. The lowest BCUT2D eigenvalue weighted by Crippen LogP contribution is -2.02. The zero-order valence-electron chi connectivity index (χ0n) is 18.7. The van der Waals surface area contributed by atoms with Crippen LogP contribution in [0.2, 0.25) is 0 Å². The molecule has 0 saturated heterocycles. The van der Waals surface area contributed by atoms with Gasteiger partial charge in [0.2, 0.25) is 0 Å². The molecule has 0 saturated carbocycles. The zero-order chi connectivity index (χ0) is 23.1. The van der Waals surface area contributed by atoms with Gasteiger partial charge >= 0.3 is 0 Å². The molecule has 0 amide bonds. The highest BCUT2D eigenvalue weighted by atomic mass is 15.2. The summed E-state index contributed by atoms with van der Waals surface area (Å²) in [6.45, 7) is 5.73. The molecule has 34 heavy (non-hydrogen) atoms. The lowest BCUT2D eigenvalue weighted by molar-refractivity contribution is 0.957. The van der Waals surface area contributed by atoms with Gasteiger partial charge in [-0.3, -0.25) is 14.6 Å². The maximum atomic E-state index is 4.72. The molecule has 6 rings (SSSR count). The maximum absolute atomic E-state index is 4.72. The van der Waals surface area contributed by atoms with Gasteiger partial charge < -0.3 is 0 Å². The summed E-state index contributed by atoms with van der Waals surface area (Å²) in [6.07, 6.45) is 1.76. The van der Waals surface area contributed by atoms with Crippen LogP contribution in [-0.4, -0.2) is 27.7 Å². The topological polar surface area (TPSA) is 55.4 Å². The Kier molecular flexibility index (Phi) is 4.73. The molecule has 0 N–H and O–H groups in total. The van der Waals surface area contributed by atoms with Crippen molar-refractivity contribution in [2.24, 2.45) is 9.98 Å². The average Bonchev–Trinajstić information content (AvgIpc) is 3.21. The summed E-state index contributed by atoms with van der Waals surface area (Å²) >= 11 is 0. The van der Waals surface area contributed by atoms with E-state index in [1.165, 1.54) is 5.39 Å². The molecule has 0 aliphatic rings. The number of hydrogen-bond acceptors (Lipinski definition) is 4. The van der Waals surface area contributed by atoms with Crippen molar-refractivity contribution in [3.8, 4) is 17.1 Å². The number of aliphatic imine (C=N–C) groups is 2. The fraction of sp³-hybridized carbons (Fsp3) is 0.0345. The van der Waals surface area contributed by atoms with Crippen molar-refractivity contribution in [1.82, 2.24) is 14.8 Å². The van der Waals surface area contributed by atoms with Gasteiger partial charge in [-0.15, -0.1) is 10.2 Å². The van der Waals surface area contributed by atoms with Gasteiger partial charge in [0.15, 0.2) is 5.82 Å². The van der Waals surface area contributed by atoms with Crippen molar-refractivity contribution >= 4 is 56.9 Å². The standard InChI is InChI=1S/C29H21N5/c1-3-31-28-27(30-2)26(19-11-5-4-6-12-19)32-33-29(28)34-24-16-10-9-15-22(24)23-17-20-13-7-8-14-21(20)18-25(23)34/h3-18H,2H2,1H3/b31-3-. The Bertz CT molecular complexity index is 1730. The summed E-state index contributed by atoms with van der Waals surface area (Å²) in [7, 11) is 0. The molecule has 2 aromatic heterocycles. The maximum Gasteiger partial charge on any atom is 0.188 e. The molecule has 0 aliphatic carbocycles. The Balaban J connectivity index is 1.75. The number of nitrogens with zero attached hydrogens (tertiary/aromatic N) is 5. The number of rotatable bonds is 4. The Labute approximate surface area is 196 Å². The highest BCUT2D eigenvalue weighted by Crippen LogP contribution is 2.42. The average molecular weight is 440 g/mol. The van der Waals surface area contributed by atoms with E-state index in [4.69, 9.17) is 10.1 Å². The molecular formula is C29H21N5. The van der Waals surface area contributed by atoms with E-state index in [-0.39, 0.29) is 0 Å². The Morgan fingerprint density at radius 1 is 0.735 bits per heavy atom. The van der Waals surface area contributed by atoms with Crippen molar-refractivity contribution in [2.75, 3.05) is 0 Å². The van der Waals surface area contributed by atoms with E-state index in [2.05, 4.69) is 76.0 Å². The van der Waals surface area contributed by atoms with Gasteiger partial charge in [0, 0.05) is 22.6 Å². The number of hydrogen-bond donors (Lipinski definition) is 0. The summed E-state index contributed by atoms with van der Waals surface area (Å²) in [5.41, 5.74) is 4.92. The summed E-state index contributed by atoms with van der Waals surface area (Å²) in [6, 6.07) is 31.1. The molecule has 162 valence electrons. The molecule has 0 fully saturated rings. The van der Waals surface area contributed by atoms with Crippen LogP contribution in [0, 0.1) is 0 Å². The molecule has 0 unspecified atom stereocenters. The summed E-state index contributed by atoms with van der Waals surface area (Å²) in [5, 5.41) is 14.0. The first-order valence-electron chi connectivity index (χ1n) is 11.1. The highest BCUT2D eigenvalue weighted by molar-refractivity contribution is 6.14. The fourth-order valence-electron chi connectivity index (χ4n) is 4.63. The van der Waals surface area contributed by atoms with Crippen LogP contribution in [0.4, 0.5) is 11.4 Å². The molecule has 0 radical (unpaired) electrons. The van der Waals surface area contributed by atoms with Crippen molar-refractivity contribution in [2.45, 2.75) is 6.92 Å². The summed E-state index contributed by atoms with van der Waals surface area (Å²) in [4.78, 5) is 9.08. The van der Waals surface area contributed by atoms with Gasteiger partial charge in [-0.25, -0.2) is 0 Å². The minimum atomic E-state index is 0.612. The van der Waals surface area contributed by atoms with Crippen LogP contribution in [0.15, 0.2) is 101 Å². The zero-order valence-corrected chi connectivity index (χ0v) is 18.7. The largest absolute Gasteiger partial charge is 0.290 e. The molecule has 5 heteroatoms. The highest BCUT2D eigenvalue weighted by Gasteiger charge is 2.21. The molecule has 0 atom stereocenters. The van der Waals surface area contributed by atoms with Gasteiger partial charge in [0.25, 0.3) is 0 Å². The van der Waals surface area contributed by atoms with Crippen LogP contribution < -0.4 is 0 Å². The normalized spacial score (nSPS) is 11.7. The third-order valence-electron chi connectivity index (χ3n) is 6.12. The van der Waals surface area contributed by atoms with E-state index in [0.29, 0.717) is 22.9 Å². The Morgan fingerprint density at radius 3 is 2.21 bits per heavy atom. The molecule has 0 spiro atoms. The van der Waals surface area contributed by atoms with Gasteiger partial charge in [-0.05, 0) is 42.6 Å². The quantitative estimate of drug-likeness (QED) is 0.268. The fourth-order valence-corrected chi connectivity index (χ4v) is 4.63. The van der Waals surface area contributed by atoms with Gasteiger partial charge in [0.05, 0.1) is 11.0 Å². The first-order valence-corrected chi connectivity index (χ1v) is 11.1. The van der Waals surface area contributed by atoms with E-state index in [1.54, 1.807) is 6.21 Å². The van der Waals surface area contributed by atoms with Crippen molar-refractivity contribution < 1.29 is 0 Å². The SMILES string of the molecule is C=Nc1c(-c2ccccc2)nnc(-n2c3ccccc3c3cc4ccccc4cc32)c1/N=C\C. The molecule has 5 nitrogen and oxygen atoms in total. The second-order valence-electron chi connectivity index (χ2n) is 8.05. The van der Waals surface area contributed by atoms with Crippen LogP contribution in [0.3, 0.4) is 0 Å². The molecule has 4 aromatic carbocycles. The number of para-hydroxylation sites is 1. The van der Waals surface area contributed by atoms with Crippen LogP contribution in [0.25, 0.3) is 49.7 Å². The summed E-state index contributed by atoms with van der Waals surface area (Å²) < 4.78 is 2.13.